The van der Waals surface area contributed by atoms with E-state index in [4.69, 9.17) is 9.15 Å². The molecule has 0 bridgehead atoms. The number of piperidine rings is 1. The second-order valence-corrected chi connectivity index (χ2v) is 13.6. The molecule has 5 fully saturated rings. The average molecular weight is 512 g/mol. The maximum Gasteiger partial charge on any atom is 0.335 e. The molecule has 0 spiro atoms. The number of nitrogens with zero attached hydrogens (tertiary/aromatic N) is 1. The first kappa shape index (κ1) is 25.6. The topological polar surface area (TPSA) is 80.0 Å². The lowest BCUT2D eigenvalue weighted by Gasteiger charge is -2.63. The van der Waals surface area contributed by atoms with Crippen molar-refractivity contribution in [3.05, 3.63) is 34.4 Å². The van der Waals surface area contributed by atoms with Gasteiger partial charge in [-0.05, 0) is 124 Å². The van der Waals surface area contributed by atoms with Gasteiger partial charge in [-0.2, -0.15) is 0 Å². The Balaban J connectivity index is 1.14. The number of hydrogen-bond acceptors (Lipinski definition) is 6. The van der Waals surface area contributed by atoms with Crippen LogP contribution in [0.3, 0.4) is 0 Å². The molecule has 1 aromatic rings. The van der Waals surface area contributed by atoms with Crippen molar-refractivity contribution in [2.45, 2.75) is 109 Å². The minimum absolute atomic E-state index is 0.0410. The van der Waals surface area contributed by atoms with E-state index >= 15 is 0 Å². The van der Waals surface area contributed by atoms with Crippen molar-refractivity contribution in [2.75, 3.05) is 19.6 Å². The summed E-state index contributed by atoms with van der Waals surface area (Å²) < 4.78 is 11.3. The van der Waals surface area contributed by atoms with Crippen molar-refractivity contribution in [2.24, 2.45) is 28.6 Å². The van der Waals surface area contributed by atoms with Gasteiger partial charge in [0, 0.05) is 11.5 Å². The summed E-state index contributed by atoms with van der Waals surface area (Å²) >= 11 is 0. The number of likely N-dealkylation sites (tertiary alicyclic amines) is 1. The molecule has 6 heteroatoms. The van der Waals surface area contributed by atoms with Crippen LogP contribution in [0.1, 0.15) is 102 Å². The van der Waals surface area contributed by atoms with Gasteiger partial charge in [0.25, 0.3) is 0 Å². The zero-order chi connectivity index (χ0) is 25.8. The van der Waals surface area contributed by atoms with Gasteiger partial charge in [0.05, 0.1) is 18.4 Å². The van der Waals surface area contributed by atoms with Crippen LogP contribution in [-0.4, -0.2) is 47.3 Å². The second-order valence-electron chi connectivity index (χ2n) is 13.6. The molecule has 4 saturated carbocycles. The minimum Gasteiger partial charge on any atom is -0.461 e. The fourth-order valence-corrected chi connectivity index (χ4v) is 9.92. The van der Waals surface area contributed by atoms with Gasteiger partial charge >= 0.3 is 11.6 Å². The fraction of sp³-hybridized carbons (Fsp3) is 0.806. The van der Waals surface area contributed by atoms with E-state index in [9.17, 15) is 14.7 Å². The van der Waals surface area contributed by atoms with Crippen LogP contribution < -0.4 is 5.63 Å². The molecule has 8 atom stereocenters. The first-order chi connectivity index (χ1) is 17.7. The Labute approximate surface area is 221 Å². The number of carbonyl (C=O) groups excluding carboxylic acids is 1. The lowest BCUT2D eigenvalue weighted by atomic mass is 9.43. The van der Waals surface area contributed by atoms with Gasteiger partial charge in [-0.3, -0.25) is 9.69 Å². The zero-order valence-electron chi connectivity index (χ0n) is 22.8. The number of esters is 1. The predicted molar refractivity (Wildman–Crippen MR) is 141 cm³/mol. The van der Waals surface area contributed by atoms with Crippen LogP contribution in [0, 0.1) is 28.6 Å². The molecule has 5 aliphatic rings. The Kier molecular flexibility index (Phi) is 6.59. The molecule has 4 aliphatic carbocycles. The molecule has 2 heterocycles. The molecular formula is C31H45NO5. The average Bonchev–Trinajstić information content (AvgIpc) is 3.16. The number of carbonyl (C=O) groups is 1. The summed E-state index contributed by atoms with van der Waals surface area (Å²) in [6, 6.07) is 3.43. The summed E-state index contributed by atoms with van der Waals surface area (Å²) in [5.74, 6) is 1.57. The van der Waals surface area contributed by atoms with Gasteiger partial charge in [-0.25, -0.2) is 4.79 Å². The lowest BCUT2D eigenvalue weighted by Crippen LogP contribution is -2.62. The Hall–Kier alpha value is -1.66. The van der Waals surface area contributed by atoms with E-state index < -0.39 is 5.60 Å². The van der Waals surface area contributed by atoms with Crippen molar-refractivity contribution >= 4 is 5.97 Å². The van der Waals surface area contributed by atoms with Gasteiger partial charge in [0.1, 0.15) is 6.10 Å². The van der Waals surface area contributed by atoms with Crippen molar-refractivity contribution in [3.8, 4) is 0 Å². The van der Waals surface area contributed by atoms with Gasteiger partial charge in [0.15, 0.2) is 0 Å². The highest BCUT2D eigenvalue weighted by Gasteiger charge is 2.67. The quantitative estimate of drug-likeness (QED) is 0.554. The summed E-state index contributed by atoms with van der Waals surface area (Å²) in [5, 5.41) is 12.4. The Morgan fingerprint density at radius 2 is 1.84 bits per heavy atom. The highest BCUT2D eigenvalue weighted by molar-refractivity contribution is 5.71. The van der Waals surface area contributed by atoms with Crippen molar-refractivity contribution in [1.82, 2.24) is 4.90 Å². The third-order valence-corrected chi connectivity index (χ3v) is 12.0. The summed E-state index contributed by atoms with van der Waals surface area (Å²) in [4.78, 5) is 26.5. The van der Waals surface area contributed by atoms with Crippen molar-refractivity contribution in [1.29, 1.82) is 0 Å². The largest absolute Gasteiger partial charge is 0.461 e. The number of hydrogen-bond donors (Lipinski definition) is 1. The normalized spacial score (nSPS) is 43.9. The van der Waals surface area contributed by atoms with Crippen LogP contribution in [-0.2, 0) is 9.53 Å². The van der Waals surface area contributed by atoms with Gasteiger partial charge in [-0.15, -0.1) is 0 Å². The molecule has 6 nitrogen and oxygen atoms in total. The molecule has 8 unspecified atom stereocenters. The van der Waals surface area contributed by atoms with E-state index in [0.717, 1.165) is 76.4 Å². The second kappa shape index (κ2) is 9.51. The summed E-state index contributed by atoms with van der Waals surface area (Å²) in [6.45, 7) is 7.25. The molecule has 1 aliphatic heterocycles. The monoisotopic (exact) mass is 511 g/mol. The van der Waals surface area contributed by atoms with E-state index in [1.54, 1.807) is 6.26 Å². The number of rotatable bonds is 4. The standard InChI is InChI=1S/C31H45NO5/c1-29-13-10-23(37-28(34)19-32-16-4-3-5-17-32)18-22(29)7-8-26-25(29)11-14-30(2)24(12-15-31(26,30)35)21-6-9-27(33)36-20-21/h6,9,20,22-26,35H,3-5,7-8,10-19H2,1-2H3. The van der Waals surface area contributed by atoms with E-state index in [-0.39, 0.29) is 34.4 Å². The molecule has 1 N–H and O–H groups in total. The van der Waals surface area contributed by atoms with Crippen LogP contribution >= 0.6 is 0 Å². The van der Waals surface area contributed by atoms with Gasteiger partial charge in [0.2, 0.25) is 0 Å². The van der Waals surface area contributed by atoms with Crippen LogP contribution in [0.15, 0.2) is 27.6 Å². The first-order valence-electron chi connectivity index (χ1n) is 15.0. The SMILES string of the molecule is CC12CCC(OC(=O)CN3CCCCC3)CC1CCC1C2CCC2(C)C(c3ccc(=O)oc3)CCC12O. The van der Waals surface area contributed by atoms with Crippen LogP contribution in [0.4, 0.5) is 0 Å². The molecule has 6 rings (SSSR count). The highest BCUT2D eigenvalue weighted by atomic mass is 16.5. The van der Waals surface area contributed by atoms with E-state index in [0.29, 0.717) is 24.3 Å². The molecular weight excluding hydrogens is 466 g/mol. The third-order valence-electron chi connectivity index (χ3n) is 12.0. The zero-order valence-corrected chi connectivity index (χ0v) is 22.8. The molecule has 0 radical (unpaired) electrons. The Bertz CT molecular complexity index is 1040. The van der Waals surface area contributed by atoms with Gasteiger partial charge in [-0.1, -0.05) is 20.3 Å². The molecule has 0 amide bonds. The predicted octanol–water partition coefficient (Wildman–Crippen LogP) is 5.28. The smallest absolute Gasteiger partial charge is 0.335 e. The minimum atomic E-state index is -0.678. The molecule has 0 aromatic carbocycles. The highest BCUT2D eigenvalue weighted by Crippen LogP contribution is 2.70. The lowest BCUT2D eigenvalue weighted by molar-refractivity contribution is -0.207. The maximum absolute atomic E-state index is 12.7. The molecule has 37 heavy (non-hydrogen) atoms. The number of aliphatic hydroxyl groups is 1. The summed E-state index contributed by atoms with van der Waals surface area (Å²) in [7, 11) is 0. The third kappa shape index (κ3) is 4.21. The van der Waals surface area contributed by atoms with Crippen molar-refractivity contribution < 1.29 is 19.1 Å². The van der Waals surface area contributed by atoms with E-state index in [1.807, 2.05) is 6.07 Å². The van der Waals surface area contributed by atoms with Crippen LogP contribution in [0.2, 0.25) is 0 Å². The fourth-order valence-electron chi connectivity index (χ4n) is 9.92. The van der Waals surface area contributed by atoms with Crippen LogP contribution in [0.25, 0.3) is 0 Å². The molecule has 1 saturated heterocycles. The summed E-state index contributed by atoms with van der Waals surface area (Å²) in [6.07, 6.45) is 14.4. The van der Waals surface area contributed by atoms with Crippen molar-refractivity contribution in [3.63, 3.8) is 0 Å². The molecule has 1 aromatic heterocycles. The van der Waals surface area contributed by atoms with Gasteiger partial charge < -0.3 is 14.3 Å². The van der Waals surface area contributed by atoms with E-state index in [2.05, 4.69) is 18.7 Å². The first-order valence-corrected chi connectivity index (χ1v) is 15.0. The number of ether oxygens (including phenoxy) is 1. The number of fused-ring (bicyclic) bond motifs is 5. The Morgan fingerprint density at radius 3 is 2.59 bits per heavy atom. The maximum atomic E-state index is 12.7. The van der Waals surface area contributed by atoms with E-state index in [1.165, 1.54) is 25.3 Å². The summed E-state index contributed by atoms with van der Waals surface area (Å²) in [5.41, 5.74) is 0.0713. The molecule has 204 valence electrons. The Morgan fingerprint density at radius 1 is 1.03 bits per heavy atom. The van der Waals surface area contributed by atoms with Crippen LogP contribution in [0.5, 0.6) is 0 Å².